The zero-order valence-electron chi connectivity index (χ0n) is 10.6. The van der Waals surface area contributed by atoms with Gasteiger partial charge in [-0.25, -0.2) is 0 Å². The lowest BCUT2D eigenvalue weighted by Crippen LogP contribution is -2.40. The molecule has 0 saturated heterocycles. The Kier molecular flexibility index (Phi) is 7.86. The molecule has 0 heterocycles. The zero-order valence-corrected chi connectivity index (χ0v) is 12.2. The van der Waals surface area contributed by atoms with Crippen LogP contribution in [0.15, 0.2) is 0 Å². The molecule has 0 aromatic carbocycles. The molecule has 3 nitrogen and oxygen atoms in total. The molecule has 0 rings (SSSR count). The van der Waals surface area contributed by atoms with E-state index < -0.39 is 25.3 Å². The summed E-state index contributed by atoms with van der Waals surface area (Å²) in [5, 5.41) is 3.33. The van der Waals surface area contributed by atoms with Gasteiger partial charge in [0.25, 0.3) is 0 Å². The first-order valence-electron chi connectivity index (χ1n) is 5.75. The smallest absolute Gasteiger partial charge is 0.362 e. The monoisotopic (exact) mass is 333 g/mol. The lowest BCUT2D eigenvalue weighted by atomic mass is 9.84. The highest BCUT2D eigenvalue weighted by Crippen LogP contribution is 2.27. The third-order valence-electron chi connectivity index (χ3n) is 2.94. The summed E-state index contributed by atoms with van der Waals surface area (Å²) < 4.78 is 39.6. The fourth-order valence-corrected chi connectivity index (χ4v) is 2.32. The quantitative estimate of drug-likeness (QED) is 0.693. The first-order valence-corrected chi connectivity index (χ1v) is 6.88. The average Bonchev–Trinajstić information content (AvgIpc) is 2.30. The molecule has 0 radical (unpaired) electrons. The number of carbonyl (C=O) groups excluding carboxylic acids is 1. The number of carbonyl (C=O) groups is 1. The lowest BCUT2D eigenvalue weighted by Gasteiger charge is -2.29. The van der Waals surface area contributed by atoms with Gasteiger partial charge < -0.3 is 10.1 Å². The summed E-state index contributed by atoms with van der Waals surface area (Å²) in [6.45, 7) is 2.49. The van der Waals surface area contributed by atoms with Gasteiger partial charge in [0.15, 0.2) is 0 Å². The van der Waals surface area contributed by atoms with Crippen LogP contribution >= 0.6 is 15.9 Å². The van der Waals surface area contributed by atoms with Crippen molar-refractivity contribution in [2.24, 2.45) is 5.41 Å². The van der Waals surface area contributed by atoms with Gasteiger partial charge in [-0.3, -0.25) is 4.79 Å². The van der Waals surface area contributed by atoms with Crippen molar-refractivity contribution in [3.8, 4) is 0 Å². The number of hydrogen-bond donors (Lipinski definition) is 1. The predicted octanol–water partition coefficient (Wildman–Crippen LogP) is 2.88. The number of alkyl halides is 4. The van der Waals surface area contributed by atoms with E-state index in [2.05, 4.69) is 26.0 Å². The van der Waals surface area contributed by atoms with E-state index in [9.17, 15) is 18.0 Å². The summed E-state index contributed by atoms with van der Waals surface area (Å²) in [4.78, 5) is 11.3. The van der Waals surface area contributed by atoms with E-state index in [-0.39, 0.29) is 5.41 Å². The molecule has 1 N–H and O–H groups in total. The number of hydrogen-bond acceptors (Lipinski definition) is 2. The predicted molar refractivity (Wildman–Crippen MR) is 66.7 cm³/mol. The number of amides is 1. The third-order valence-corrected chi connectivity index (χ3v) is 4.13. The molecule has 1 amide bonds. The Hall–Kier alpha value is -0.300. The lowest BCUT2D eigenvalue weighted by molar-refractivity contribution is -0.175. The number of rotatable bonds is 8. The van der Waals surface area contributed by atoms with Crippen molar-refractivity contribution >= 4 is 21.8 Å². The standard InChI is InChI=1S/C11H19BrF3NO2/c1-3-10(4-2,6-12)7-16-9(17)5-18-8-11(13,14)15/h3-8H2,1-2H3,(H,16,17). The fraction of sp³-hybridized carbons (Fsp3) is 0.909. The Morgan fingerprint density at radius 2 is 1.83 bits per heavy atom. The molecule has 0 aliphatic carbocycles. The van der Waals surface area contributed by atoms with Gasteiger partial charge in [0, 0.05) is 11.9 Å². The second-order valence-corrected chi connectivity index (χ2v) is 4.79. The van der Waals surface area contributed by atoms with Gasteiger partial charge in [0.2, 0.25) is 5.91 Å². The molecule has 0 aliphatic heterocycles. The van der Waals surface area contributed by atoms with E-state index >= 15 is 0 Å². The van der Waals surface area contributed by atoms with Gasteiger partial charge >= 0.3 is 6.18 Å². The summed E-state index contributed by atoms with van der Waals surface area (Å²) in [7, 11) is 0. The topological polar surface area (TPSA) is 38.3 Å². The van der Waals surface area contributed by atoms with Crippen LogP contribution in [0.1, 0.15) is 26.7 Å². The van der Waals surface area contributed by atoms with Crippen molar-refractivity contribution in [3.05, 3.63) is 0 Å². The van der Waals surface area contributed by atoms with Crippen molar-refractivity contribution in [2.75, 3.05) is 25.1 Å². The maximum absolute atomic E-state index is 11.8. The minimum atomic E-state index is -4.40. The maximum Gasteiger partial charge on any atom is 0.411 e. The SMILES string of the molecule is CCC(CC)(CBr)CNC(=O)COCC(F)(F)F. The number of ether oxygens (including phenoxy) is 1. The molecule has 0 aromatic rings. The molecular formula is C11H19BrF3NO2. The van der Waals surface area contributed by atoms with Crippen molar-refractivity contribution in [1.29, 1.82) is 0 Å². The molecule has 0 bridgehead atoms. The summed E-state index contributed by atoms with van der Waals surface area (Å²) in [5.74, 6) is -0.522. The van der Waals surface area contributed by atoms with E-state index in [0.29, 0.717) is 6.54 Å². The summed E-state index contributed by atoms with van der Waals surface area (Å²) in [5.41, 5.74) is -0.0559. The Bertz CT molecular complexity index is 247. The Balaban J connectivity index is 3.96. The van der Waals surface area contributed by atoms with Gasteiger partial charge in [-0.1, -0.05) is 29.8 Å². The van der Waals surface area contributed by atoms with Crippen molar-refractivity contribution in [1.82, 2.24) is 5.32 Å². The van der Waals surface area contributed by atoms with Crippen molar-refractivity contribution < 1.29 is 22.7 Å². The maximum atomic E-state index is 11.8. The van der Waals surface area contributed by atoms with Crippen molar-refractivity contribution in [3.63, 3.8) is 0 Å². The van der Waals surface area contributed by atoms with E-state index in [1.807, 2.05) is 13.8 Å². The molecular weight excluding hydrogens is 315 g/mol. The molecule has 0 aromatic heterocycles. The second kappa shape index (κ2) is 7.99. The first-order chi connectivity index (χ1) is 8.28. The van der Waals surface area contributed by atoms with Gasteiger partial charge in [0.05, 0.1) is 0 Å². The van der Waals surface area contributed by atoms with Crippen LogP contribution in [0.4, 0.5) is 13.2 Å². The molecule has 0 fully saturated rings. The Labute approximate surface area is 114 Å². The first kappa shape index (κ1) is 17.7. The molecule has 0 saturated carbocycles. The number of halogens is 4. The summed E-state index contributed by atoms with van der Waals surface area (Å²) in [6, 6.07) is 0. The van der Waals surface area contributed by atoms with Gasteiger partial charge in [-0.2, -0.15) is 13.2 Å². The molecule has 0 aliphatic rings. The van der Waals surface area contributed by atoms with Gasteiger partial charge in [-0.15, -0.1) is 0 Å². The van der Waals surface area contributed by atoms with Crippen LogP contribution in [0.2, 0.25) is 0 Å². The molecule has 0 atom stereocenters. The second-order valence-electron chi connectivity index (χ2n) is 4.23. The summed E-state index contributed by atoms with van der Waals surface area (Å²) >= 11 is 3.39. The Morgan fingerprint density at radius 3 is 2.22 bits per heavy atom. The molecule has 7 heteroatoms. The zero-order chi connectivity index (χ0) is 14.2. The van der Waals surface area contributed by atoms with E-state index in [1.165, 1.54) is 0 Å². The van der Waals surface area contributed by atoms with Crippen molar-refractivity contribution in [2.45, 2.75) is 32.9 Å². The van der Waals surface area contributed by atoms with Crippen LogP contribution in [0.25, 0.3) is 0 Å². The van der Waals surface area contributed by atoms with Gasteiger partial charge in [0.1, 0.15) is 13.2 Å². The van der Waals surface area contributed by atoms with Crippen LogP contribution in [0.3, 0.4) is 0 Å². The highest BCUT2D eigenvalue weighted by atomic mass is 79.9. The normalized spacial score (nSPS) is 12.6. The van der Waals surface area contributed by atoms with E-state index in [4.69, 9.17) is 0 Å². The van der Waals surface area contributed by atoms with E-state index in [1.54, 1.807) is 0 Å². The minimum Gasteiger partial charge on any atom is -0.362 e. The van der Waals surface area contributed by atoms with Crippen LogP contribution in [-0.2, 0) is 9.53 Å². The molecule has 0 unspecified atom stereocenters. The highest BCUT2D eigenvalue weighted by Gasteiger charge is 2.28. The summed E-state index contributed by atoms with van der Waals surface area (Å²) in [6.07, 6.45) is -2.65. The van der Waals surface area contributed by atoms with Crippen LogP contribution < -0.4 is 5.32 Å². The number of nitrogens with one attached hydrogen (secondary N) is 1. The Morgan fingerprint density at radius 1 is 1.28 bits per heavy atom. The van der Waals surface area contributed by atoms with Crippen LogP contribution in [0.5, 0.6) is 0 Å². The van der Waals surface area contributed by atoms with Gasteiger partial charge in [-0.05, 0) is 18.3 Å². The van der Waals surface area contributed by atoms with Crippen LogP contribution in [-0.4, -0.2) is 37.2 Å². The molecule has 108 valence electrons. The largest absolute Gasteiger partial charge is 0.411 e. The fourth-order valence-electron chi connectivity index (χ4n) is 1.33. The highest BCUT2D eigenvalue weighted by molar-refractivity contribution is 9.09. The average molecular weight is 334 g/mol. The third kappa shape index (κ3) is 7.20. The van der Waals surface area contributed by atoms with Crippen LogP contribution in [0, 0.1) is 5.41 Å². The minimum absolute atomic E-state index is 0.0559. The molecule has 18 heavy (non-hydrogen) atoms. The molecule has 0 spiro atoms. The van der Waals surface area contributed by atoms with E-state index in [0.717, 1.165) is 18.2 Å².